The van der Waals surface area contributed by atoms with Gasteiger partial charge in [0.25, 0.3) is 10.1 Å². The molecule has 9 nitrogen and oxygen atoms in total. The Morgan fingerprint density at radius 1 is 0.767 bits per heavy atom. The second kappa shape index (κ2) is 24.1. The normalized spacial score (nSPS) is 14.0. The summed E-state index contributed by atoms with van der Waals surface area (Å²) in [6.07, 6.45) is 21.8. The van der Waals surface area contributed by atoms with E-state index in [0.29, 0.717) is 0 Å². The minimum atomic E-state index is -4.32. The molecule has 1 atom stereocenters. The number of aliphatic hydroxyl groups is 3. The first-order chi connectivity index (χ1) is 20.2. The van der Waals surface area contributed by atoms with E-state index < -0.39 is 49.0 Å². The Bertz CT molecular complexity index is 765. The summed E-state index contributed by atoms with van der Waals surface area (Å²) in [4.78, 5) is 0. The van der Waals surface area contributed by atoms with Gasteiger partial charge in [-0.3, -0.25) is 4.55 Å². The van der Waals surface area contributed by atoms with E-state index in [1.165, 1.54) is 109 Å². The Labute approximate surface area is 266 Å². The van der Waals surface area contributed by atoms with Gasteiger partial charge in [0.05, 0.1) is 58.6 Å². The molecule has 0 bridgehead atoms. The minimum Gasteiger partial charge on any atom is -0.415 e. The fraction of sp³-hybridized carbons (Fsp3) is 1.00. The Morgan fingerprint density at radius 2 is 1.19 bits per heavy atom. The highest BCUT2D eigenvalue weighted by Crippen LogP contribution is 2.19. The first kappa shape index (κ1) is 42.9. The number of hydrogen-bond donors (Lipinski definition) is 5. The van der Waals surface area contributed by atoms with Crippen LogP contribution in [0.1, 0.15) is 116 Å². The molecule has 0 saturated heterocycles. The maximum absolute atomic E-state index is 11.0. The standard InChI is InChI=1S/C32H70N2O7SSi/c1-6-7-8-9-10-11-12-13-14-15-16-17-18-19-20-21-23-34(2,3)24-22-25-43(4,5)41-30-32(28-35,29-36)33-26-31(37)27-42(38,39)40/h31,33,35-37H,6-30H2,1-5H3/p+1. The number of hydrogen-bond acceptors (Lipinski definition) is 7. The average Bonchev–Trinajstić information content (AvgIpc) is 2.92. The lowest BCUT2D eigenvalue weighted by Gasteiger charge is -2.36. The minimum absolute atomic E-state index is 0.0509. The van der Waals surface area contributed by atoms with Crippen LogP contribution in [0.3, 0.4) is 0 Å². The van der Waals surface area contributed by atoms with Crippen LogP contribution in [-0.4, -0.2) is 112 Å². The summed E-state index contributed by atoms with van der Waals surface area (Å²) in [5.74, 6) is -0.818. The van der Waals surface area contributed by atoms with Gasteiger partial charge in [-0.25, -0.2) is 0 Å². The molecule has 0 aliphatic heterocycles. The highest BCUT2D eigenvalue weighted by Gasteiger charge is 2.34. The SMILES string of the molecule is CCCCCCCCCCCCCCCCCC[N+](C)(C)CCC[Si](C)(C)OCC(CO)(CO)NCC(O)CS(=O)(=O)O. The van der Waals surface area contributed by atoms with Crippen LogP contribution < -0.4 is 5.32 Å². The Kier molecular flexibility index (Phi) is 24.1. The maximum Gasteiger partial charge on any atom is 0.267 e. The van der Waals surface area contributed by atoms with Crippen molar-refractivity contribution in [3.63, 3.8) is 0 Å². The molecule has 0 saturated carbocycles. The van der Waals surface area contributed by atoms with Gasteiger partial charge in [0.15, 0.2) is 8.32 Å². The van der Waals surface area contributed by atoms with Crippen molar-refractivity contribution in [1.82, 2.24) is 5.32 Å². The molecule has 0 amide bonds. The second-order valence-electron chi connectivity index (χ2n) is 14.2. The zero-order chi connectivity index (χ0) is 32.7. The molecule has 0 aromatic rings. The van der Waals surface area contributed by atoms with Crippen molar-refractivity contribution in [2.24, 2.45) is 0 Å². The summed E-state index contributed by atoms with van der Waals surface area (Å²) in [6.45, 7) is 7.74. The average molecular weight is 656 g/mol. The van der Waals surface area contributed by atoms with Crippen molar-refractivity contribution < 1.29 is 37.2 Å². The third-order valence-electron chi connectivity index (χ3n) is 8.62. The molecule has 0 aromatic heterocycles. The lowest BCUT2D eigenvalue weighted by molar-refractivity contribution is -0.890. The number of rotatable bonds is 31. The van der Waals surface area contributed by atoms with Gasteiger partial charge in [-0.2, -0.15) is 8.42 Å². The van der Waals surface area contributed by atoms with Crippen molar-refractivity contribution in [2.75, 3.05) is 59.3 Å². The van der Waals surface area contributed by atoms with E-state index in [1.807, 2.05) is 0 Å². The van der Waals surface area contributed by atoms with Crippen molar-refractivity contribution in [3.05, 3.63) is 0 Å². The monoisotopic (exact) mass is 655 g/mol. The molecule has 0 fully saturated rings. The summed E-state index contributed by atoms with van der Waals surface area (Å²) in [5.41, 5.74) is -1.20. The number of nitrogens with zero attached hydrogens (tertiary/aromatic N) is 1. The summed E-state index contributed by atoms with van der Waals surface area (Å²) < 4.78 is 38.1. The fourth-order valence-corrected chi connectivity index (χ4v) is 7.90. The Hall–Kier alpha value is -0.113. The van der Waals surface area contributed by atoms with E-state index in [2.05, 4.69) is 39.4 Å². The third-order valence-corrected chi connectivity index (χ3v) is 11.9. The van der Waals surface area contributed by atoms with Gasteiger partial charge < -0.3 is 29.5 Å². The third kappa shape index (κ3) is 25.7. The van der Waals surface area contributed by atoms with Crippen molar-refractivity contribution in [2.45, 2.75) is 147 Å². The Morgan fingerprint density at radius 3 is 1.60 bits per heavy atom. The van der Waals surface area contributed by atoms with E-state index in [0.717, 1.165) is 23.5 Å². The molecule has 0 aliphatic rings. The van der Waals surface area contributed by atoms with Crippen LogP contribution in [0.15, 0.2) is 0 Å². The van der Waals surface area contributed by atoms with Crippen LogP contribution in [0.5, 0.6) is 0 Å². The number of aliphatic hydroxyl groups excluding tert-OH is 3. The van der Waals surface area contributed by atoms with Crippen LogP contribution in [0.2, 0.25) is 19.1 Å². The van der Waals surface area contributed by atoms with Gasteiger partial charge in [0, 0.05) is 6.54 Å². The van der Waals surface area contributed by atoms with Crippen LogP contribution in [0.25, 0.3) is 0 Å². The molecule has 0 heterocycles. The molecule has 0 aliphatic carbocycles. The molecule has 0 spiro atoms. The van der Waals surface area contributed by atoms with E-state index in [1.54, 1.807) is 0 Å². The van der Waals surface area contributed by atoms with E-state index in [-0.39, 0.29) is 13.2 Å². The van der Waals surface area contributed by atoms with E-state index in [9.17, 15) is 23.7 Å². The lowest BCUT2D eigenvalue weighted by atomic mass is 10.0. The molecule has 0 aromatic carbocycles. The molecule has 0 radical (unpaired) electrons. The number of β-amino-alcohol motifs (C(OH)–C–C–N with tert-alkyl or cyclic N) is 1. The zero-order valence-electron chi connectivity index (χ0n) is 28.6. The summed E-state index contributed by atoms with van der Waals surface area (Å²) >= 11 is 0. The second-order valence-corrected chi connectivity index (χ2v) is 20.0. The highest BCUT2D eigenvalue weighted by molar-refractivity contribution is 7.85. The first-order valence-corrected chi connectivity index (χ1v) is 22.0. The van der Waals surface area contributed by atoms with Crippen molar-refractivity contribution in [1.29, 1.82) is 0 Å². The van der Waals surface area contributed by atoms with Gasteiger partial charge in [0.1, 0.15) is 5.75 Å². The molecule has 5 N–H and O–H groups in total. The highest BCUT2D eigenvalue weighted by atomic mass is 32.2. The zero-order valence-corrected chi connectivity index (χ0v) is 30.4. The largest absolute Gasteiger partial charge is 0.415 e. The molecular weight excluding hydrogens is 585 g/mol. The van der Waals surface area contributed by atoms with E-state index >= 15 is 0 Å². The summed E-state index contributed by atoms with van der Waals surface area (Å²) in [5, 5.41) is 32.5. The molecule has 0 rings (SSSR count). The predicted molar refractivity (Wildman–Crippen MR) is 182 cm³/mol. The van der Waals surface area contributed by atoms with Crippen molar-refractivity contribution in [3.8, 4) is 0 Å². The number of unbranched alkanes of at least 4 members (excludes halogenated alkanes) is 15. The number of quaternary nitrogens is 1. The lowest BCUT2D eigenvalue weighted by Crippen LogP contribution is -2.59. The van der Waals surface area contributed by atoms with Crippen LogP contribution in [-0.2, 0) is 14.5 Å². The van der Waals surface area contributed by atoms with Gasteiger partial charge in [0.2, 0.25) is 0 Å². The first-order valence-electron chi connectivity index (χ1n) is 17.3. The molecule has 43 heavy (non-hydrogen) atoms. The predicted octanol–water partition coefficient (Wildman–Crippen LogP) is 5.50. The van der Waals surface area contributed by atoms with Crippen LogP contribution >= 0.6 is 0 Å². The van der Waals surface area contributed by atoms with Gasteiger partial charge >= 0.3 is 0 Å². The molecule has 260 valence electrons. The fourth-order valence-electron chi connectivity index (χ4n) is 5.48. The van der Waals surface area contributed by atoms with Gasteiger partial charge in [-0.1, -0.05) is 96.8 Å². The quantitative estimate of drug-likeness (QED) is 0.0286. The molecular formula is C32H71N2O7SSi+. The molecule has 1 unspecified atom stereocenters. The van der Waals surface area contributed by atoms with Gasteiger partial charge in [-0.05, 0) is 38.4 Å². The van der Waals surface area contributed by atoms with Crippen molar-refractivity contribution >= 4 is 18.4 Å². The molecule has 11 heteroatoms. The summed E-state index contributed by atoms with van der Waals surface area (Å²) in [6, 6.07) is 0.950. The van der Waals surface area contributed by atoms with Crippen LogP contribution in [0, 0.1) is 0 Å². The smallest absolute Gasteiger partial charge is 0.267 e. The number of nitrogens with one attached hydrogen (secondary N) is 1. The Balaban J connectivity index is 4.03. The topological polar surface area (TPSA) is 136 Å². The van der Waals surface area contributed by atoms with Crippen LogP contribution in [0.4, 0.5) is 0 Å². The van der Waals surface area contributed by atoms with E-state index in [4.69, 9.17) is 8.98 Å². The maximum atomic E-state index is 11.0. The summed E-state index contributed by atoms with van der Waals surface area (Å²) in [7, 11) is -1.82. The van der Waals surface area contributed by atoms with Gasteiger partial charge in [-0.15, -0.1) is 0 Å².